The molecular formula is C14H20N2O2. The van der Waals surface area contributed by atoms with Crippen molar-refractivity contribution in [3.8, 4) is 0 Å². The van der Waals surface area contributed by atoms with Crippen molar-refractivity contribution in [2.24, 2.45) is 5.73 Å². The number of amides is 1. The summed E-state index contributed by atoms with van der Waals surface area (Å²) in [6.07, 6.45) is 0.419. The molecule has 0 aliphatic carbocycles. The number of rotatable bonds is 4. The Morgan fingerprint density at radius 3 is 2.94 bits per heavy atom. The van der Waals surface area contributed by atoms with Crippen molar-refractivity contribution in [2.45, 2.75) is 25.4 Å². The van der Waals surface area contributed by atoms with Crippen LogP contribution in [0, 0.1) is 6.92 Å². The molecule has 4 heteroatoms. The van der Waals surface area contributed by atoms with E-state index in [1.165, 1.54) is 5.56 Å². The summed E-state index contributed by atoms with van der Waals surface area (Å²) in [7, 11) is 1.64. The van der Waals surface area contributed by atoms with Gasteiger partial charge in [-0.1, -0.05) is 29.8 Å². The van der Waals surface area contributed by atoms with Crippen LogP contribution in [0.1, 0.15) is 23.6 Å². The SMILES string of the molecule is COCCN1C(=O)CC(N)C1c1cccc(C)c1. The summed E-state index contributed by atoms with van der Waals surface area (Å²) >= 11 is 0. The van der Waals surface area contributed by atoms with Gasteiger partial charge in [-0.25, -0.2) is 0 Å². The van der Waals surface area contributed by atoms with Crippen LogP contribution in [0.2, 0.25) is 0 Å². The zero-order chi connectivity index (χ0) is 13.1. The number of ether oxygens (including phenoxy) is 1. The molecule has 1 heterocycles. The van der Waals surface area contributed by atoms with Gasteiger partial charge in [0.25, 0.3) is 0 Å². The third-order valence-electron chi connectivity index (χ3n) is 3.39. The van der Waals surface area contributed by atoms with Gasteiger partial charge >= 0.3 is 0 Å². The Bertz CT molecular complexity index is 434. The molecule has 1 aliphatic rings. The predicted octanol–water partition coefficient (Wildman–Crippen LogP) is 1.24. The molecule has 2 unspecified atom stereocenters. The van der Waals surface area contributed by atoms with Crippen molar-refractivity contribution in [1.82, 2.24) is 4.90 Å². The Morgan fingerprint density at radius 2 is 2.28 bits per heavy atom. The summed E-state index contributed by atoms with van der Waals surface area (Å²) in [5.74, 6) is 0.117. The third-order valence-corrected chi connectivity index (χ3v) is 3.39. The van der Waals surface area contributed by atoms with Gasteiger partial charge in [-0.05, 0) is 12.5 Å². The second-order valence-corrected chi connectivity index (χ2v) is 4.81. The van der Waals surface area contributed by atoms with Gasteiger partial charge in [0.1, 0.15) is 0 Å². The number of aryl methyl sites for hydroxylation is 1. The van der Waals surface area contributed by atoms with E-state index < -0.39 is 0 Å². The van der Waals surface area contributed by atoms with Crippen LogP contribution in [0.4, 0.5) is 0 Å². The van der Waals surface area contributed by atoms with Crippen LogP contribution in [0.15, 0.2) is 24.3 Å². The largest absolute Gasteiger partial charge is 0.383 e. The normalized spacial score (nSPS) is 23.7. The molecule has 2 rings (SSSR count). The lowest BCUT2D eigenvalue weighted by Gasteiger charge is -2.27. The van der Waals surface area contributed by atoms with Crippen LogP contribution in [-0.4, -0.2) is 37.1 Å². The second kappa shape index (κ2) is 5.50. The highest BCUT2D eigenvalue weighted by Gasteiger charge is 2.38. The van der Waals surface area contributed by atoms with Gasteiger partial charge in [0.15, 0.2) is 0 Å². The number of carbonyl (C=O) groups is 1. The van der Waals surface area contributed by atoms with Crippen LogP contribution < -0.4 is 5.73 Å². The summed E-state index contributed by atoms with van der Waals surface area (Å²) < 4.78 is 5.06. The zero-order valence-electron chi connectivity index (χ0n) is 10.9. The van der Waals surface area contributed by atoms with Crippen molar-refractivity contribution in [3.63, 3.8) is 0 Å². The summed E-state index contributed by atoms with van der Waals surface area (Å²) in [5, 5.41) is 0. The Morgan fingerprint density at radius 1 is 1.50 bits per heavy atom. The zero-order valence-corrected chi connectivity index (χ0v) is 10.9. The molecule has 98 valence electrons. The number of nitrogens with zero attached hydrogens (tertiary/aromatic N) is 1. The van der Waals surface area contributed by atoms with Crippen molar-refractivity contribution >= 4 is 5.91 Å². The van der Waals surface area contributed by atoms with E-state index in [4.69, 9.17) is 10.5 Å². The minimum atomic E-state index is -0.129. The summed E-state index contributed by atoms with van der Waals surface area (Å²) in [5.41, 5.74) is 8.41. The van der Waals surface area contributed by atoms with Crippen LogP contribution in [-0.2, 0) is 9.53 Å². The highest BCUT2D eigenvalue weighted by atomic mass is 16.5. The van der Waals surface area contributed by atoms with E-state index >= 15 is 0 Å². The Labute approximate surface area is 108 Å². The first kappa shape index (κ1) is 13.1. The number of carbonyl (C=O) groups excluding carboxylic acids is 1. The predicted molar refractivity (Wildman–Crippen MR) is 70.1 cm³/mol. The smallest absolute Gasteiger partial charge is 0.224 e. The average Bonchev–Trinajstić information content (AvgIpc) is 2.61. The number of benzene rings is 1. The number of likely N-dealkylation sites (tertiary alicyclic amines) is 1. The first-order chi connectivity index (χ1) is 8.63. The van der Waals surface area contributed by atoms with E-state index in [0.717, 1.165) is 5.56 Å². The molecule has 1 amide bonds. The minimum absolute atomic E-state index is 0.0208. The first-order valence-corrected chi connectivity index (χ1v) is 6.24. The lowest BCUT2D eigenvalue weighted by atomic mass is 9.99. The maximum Gasteiger partial charge on any atom is 0.224 e. The van der Waals surface area contributed by atoms with Crippen molar-refractivity contribution in [1.29, 1.82) is 0 Å². The monoisotopic (exact) mass is 248 g/mol. The number of methoxy groups -OCH3 is 1. The van der Waals surface area contributed by atoms with Crippen LogP contribution >= 0.6 is 0 Å². The number of hydrogen-bond donors (Lipinski definition) is 1. The van der Waals surface area contributed by atoms with E-state index in [1.54, 1.807) is 7.11 Å². The highest BCUT2D eigenvalue weighted by molar-refractivity contribution is 5.80. The Kier molecular flexibility index (Phi) is 3.99. The Balaban J connectivity index is 2.24. The maximum atomic E-state index is 11.9. The molecule has 18 heavy (non-hydrogen) atoms. The molecule has 1 aromatic carbocycles. The van der Waals surface area contributed by atoms with Gasteiger partial charge in [-0.2, -0.15) is 0 Å². The van der Waals surface area contributed by atoms with Crippen molar-refractivity contribution < 1.29 is 9.53 Å². The van der Waals surface area contributed by atoms with Crippen molar-refractivity contribution in [2.75, 3.05) is 20.3 Å². The summed E-state index contributed by atoms with van der Waals surface area (Å²) in [4.78, 5) is 13.8. The highest BCUT2D eigenvalue weighted by Crippen LogP contribution is 2.32. The standard InChI is InChI=1S/C14H20N2O2/c1-10-4-3-5-11(8-10)14-12(15)9-13(17)16(14)6-7-18-2/h3-5,8,12,14H,6-7,9,15H2,1-2H3. The molecule has 0 spiro atoms. The first-order valence-electron chi connectivity index (χ1n) is 6.24. The van der Waals surface area contributed by atoms with Crippen molar-refractivity contribution in [3.05, 3.63) is 35.4 Å². The van der Waals surface area contributed by atoms with E-state index in [0.29, 0.717) is 19.6 Å². The fraction of sp³-hybridized carbons (Fsp3) is 0.500. The molecule has 1 saturated heterocycles. The van der Waals surface area contributed by atoms with Gasteiger partial charge in [0.05, 0.1) is 12.6 Å². The lowest BCUT2D eigenvalue weighted by molar-refractivity contribution is -0.129. The topological polar surface area (TPSA) is 55.6 Å². The Hall–Kier alpha value is -1.39. The molecule has 0 aromatic heterocycles. The van der Waals surface area contributed by atoms with Gasteiger partial charge in [0.2, 0.25) is 5.91 Å². The van der Waals surface area contributed by atoms with Gasteiger partial charge < -0.3 is 15.4 Å². The molecule has 0 saturated carbocycles. The van der Waals surface area contributed by atoms with Crippen LogP contribution in [0.3, 0.4) is 0 Å². The molecule has 4 nitrogen and oxygen atoms in total. The van der Waals surface area contributed by atoms with Gasteiger partial charge in [-0.15, -0.1) is 0 Å². The van der Waals surface area contributed by atoms with E-state index in [1.807, 2.05) is 30.0 Å². The van der Waals surface area contributed by atoms with Crippen LogP contribution in [0.25, 0.3) is 0 Å². The summed E-state index contributed by atoms with van der Waals surface area (Å²) in [6, 6.07) is 8.04. The third kappa shape index (κ3) is 2.54. The number of nitrogens with two attached hydrogens (primary N) is 1. The quantitative estimate of drug-likeness (QED) is 0.872. The molecule has 2 N–H and O–H groups in total. The average molecular weight is 248 g/mol. The molecule has 1 aliphatic heterocycles. The number of hydrogen-bond acceptors (Lipinski definition) is 3. The molecule has 1 fully saturated rings. The fourth-order valence-electron chi connectivity index (χ4n) is 2.55. The van der Waals surface area contributed by atoms with E-state index in [-0.39, 0.29) is 18.0 Å². The van der Waals surface area contributed by atoms with E-state index in [9.17, 15) is 4.79 Å². The molecule has 0 bridgehead atoms. The van der Waals surface area contributed by atoms with Gasteiger partial charge in [0, 0.05) is 26.1 Å². The van der Waals surface area contributed by atoms with E-state index in [2.05, 4.69) is 6.07 Å². The second-order valence-electron chi connectivity index (χ2n) is 4.81. The lowest BCUT2D eigenvalue weighted by Crippen LogP contribution is -2.35. The molecule has 0 radical (unpaired) electrons. The molecule has 2 atom stereocenters. The fourth-order valence-corrected chi connectivity index (χ4v) is 2.55. The molecule has 1 aromatic rings. The molecular weight excluding hydrogens is 228 g/mol. The maximum absolute atomic E-state index is 11.9. The summed E-state index contributed by atoms with van der Waals surface area (Å²) in [6.45, 7) is 3.19. The van der Waals surface area contributed by atoms with Gasteiger partial charge in [-0.3, -0.25) is 4.79 Å². The minimum Gasteiger partial charge on any atom is -0.383 e. The van der Waals surface area contributed by atoms with Crippen LogP contribution in [0.5, 0.6) is 0 Å².